The minimum Gasteiger partial charge on any atom is -0.494 e. The minimum absolute atomic E-state index is 0.0283. The van der Waals surface area contributed by atoms with E-state index in [0.717, 1.165) is 23.0 Å². The smallest absolute Gasteiger partial charge is 0.263 e. The fourth-order valence-corrected chi connectivity index (χ4v) is 4.97. The Balaban J connectivity index is 1.68. The molecule has 1 aromatic heterocycles. The Morgan fingerprint density at radius 1 is 1.19 bits per heavy atom. The molecule has 0 saturated heterocycles. The molecule has 136 valence electrons. The van der Waals surface area contributed by atoms with Gasteiger partial charge in [-0.05, 0) is 23.8 Å². The first kappa shape index (κ1) is 18.6. The van der Waals surface area contributed by atoms with Crippen LogP contribution in [0.3, 0.4) is 0 Å². The first-order chi connectivity index (χ1) is 12.5. The number of halogens is 1. The summed E-state index contributed by atoms with van der Waals surface area (Å²) in [5.74, 6) is -0.0856. The molecule has 0 fully saturated rings. The molecular weight excluding hydrogens is 397 g/mol. The van der Waals surface area contributed by atoms with E-state index in [1.54, 1.807) is 0 Å². The molecule has 0 aliphatic rings. The number of hydrogen-bond acceptors (Lipinski definition) is 7. The highest BCUT2D eigenvalue weighted by Crippen LogP contribution is 2.30. The molecule has 0 radical (unpaired) electrons. The van der Waals surface area contributed by atoms with E-state index in [0.29, 0.717) is 10.1 Å². The highest BCUT2D eigenvalue weighted by molar-refractivity contribution is 8.00. The highest BCUT2D eigenvalue weighted by Gasteiger charge is 2.19. The van der Waals surface area contributed by atoms with Crippen molar-refractivity contribution in [1.82, 2.24) is 10.2 Å². The van der Waals surface area contributed by atoms with Gasteiger partial charge in [-0.1, -0.05) is 53.4 Å². The lowest BCUT2D eigenvalue weighted by Gasteiger charge is -2.06. The number of anilines is 1. The molecule has 0 aliphatic carbocycles. The van der Waals surface area contributed by atoms with Gasteiger partial charge in [0.1, 0.15) is 0 Å². The summed E-state index contributed by atoms with van der Waals surface area (Å²) < 4.78 is 46.2. The maximum Gasteiger partial charge on any atom is 0.263 e. The number of aromatic nitrogens is 2. The maximum atomic E-state index is 13.7. The van der Waals surface area contributed by atoms with Gasteiger partial charge in [-0.2, -0.15) is 0 Å². The number of thioether (sulfide) groups is 1. The molecule has 0 bridgehead atoms. The molecule has 0 spiro atoms. The quantitative estimate of drug-likeness (QED) is 0.596. The van der Waals surface area contributed by atoms with Crippen molar-refractivity contribution in [2.45, 2.75) is 15.0 Å². The molecule has 0 amide bonds. The van der Waals surface area contributed by atoms with Crippen molar-refractivity contribution in [3.63, 3.8) is 0 Å². The monoisotopic (exact) mass is 411 g/mol. The average Bonchev–Trinajstić information content (AvgIpc) is 3.07. The molecule has 0 saturated carbocycles. The molecule has 0 atom stereocenters. The fourth-order valence-electron chi connectivity index (χ4n) is 2.02. The van der Waals surface area contributed by atoms with Gasteiger partial charge >= 0.3 is 0 Å². The lowest BCUT2D eigenvalue weighted by Crippen LogP contribution is -2.13. The van der Waals surface area contributed by atoms with Crippen molar-refractivity contribution in [1.29, 1.82) is 0 Å². The van der Waals surface area contributed by atoms with Crippen molar-refractivity contribution < 1.29 is 17.5 Å². The average molecular weight is 412 g/mol. The minimum atomic E-state index is -3.96. The zero-order valence-electron chi connectivity index (χ0n) is 13.5. The van der Waals surface area contributed by atoms with Crippen molar-refractivity contribution in [2.24, 2.45) is 0 Å². The second-order valence-electron chi connectivity index (χ2n) is 5.05. The molecule has 1 heterocycles. The third kappa shape index (κ3) is 4.51. The number of nitrogens with zero attached hydrogens (tertiary/aromatic N) is 2. The van der Waals surface area contributed by atoms with Gasteiger partial charge in [0.05, 0.1) is 12.0 Å². The topological polar surface area (TPSA) is 81.2 Å². The largest absolute Gasteiger partial charge is 0.494 e. The molecule has 3 rings (SSSR count). The van der Waals surface area contributed by atoms with Gasteiger partial charge in [0.15, 0.2) is 15.9 Å². The van der Waals surface area contributed by atoms with Crippen molar-refractivity contribution in [3.8, 4) is 5.75 Å². The lowest BCUT2D eigenvalue weighted by atomic mass is 10.2. The zero-order valence-corrected chi connectivity index (χ0v) is 16.0. The van der Waals surface area contributed by atoms with Gasteiger partial charge < -0.3 is 4.74 Å². The van der Waals surface area contributed by atoms with Crippen LogP contribution >= 0.6 is 23.1 Å². The normalized spacial score (nSPS) is 11.3. The van der Waals surface area contributed by atoms with E-state index in [-0.39, 0.29) is 15.8 Å². The Morgan fingerprint density at radius 3 is 2.65 bits per heavy atom. The second kappa shape index (κ2) is 8.02. The van der Waals surface area contributed by atoms with Crippen LogP contribution in [0.5, 0.6) is 5.75 Å². The summed E-state index contributed by atoms with van der Waals surface area (Å²) in [4.78, 5) is -0.218. The summed E-state index contributed by atoms with van der Waals surface area (Å²) in [5, 5.41) is 7.92. The molecule has 1 N–H and O–H groups in total. The molecule has 0 unspecified atom stereocenters. The van der Waals surface area contributed by atoms with Crippen LogP contribution in [0.1, 0.15) is 5.56 Å². The summed E-state index contributed by atoms with van der Waals surface area (Å²) in [5.41, 5.74) is 1.13. The second-order valence-corrected chi connectivity index (χ2v) is 8.93. The van der Waals surface area contributed by atoms with Gasteiger partial charge in [0.25, 0.3) is 10.0 Å². The van der Waals surface area contributed by atoms with Gasteiger partial charge in [0.2, 0.25) is 5.13 Å². The van der Waals surface area contributed by atoms with Crippen molar-refractivity contribution in [3.05, 3.63) is 59.9 Å². The van der Waals surface area contributed by atoms with Gasteiger partial charge in [-0.3, -0.25) is 4.72 Å². The summed E-state index contributed by atoms with van der Waals surface area (Å²) in [6, 6.07) is 13.2. The fraction of sp³-hybridized carbons (Fsp3) is 0.125. The van der Waals surface area contributed by atoms with Crippen LogP contribution in [-0.2, 0) is 15.8 Å². The molecule has 6 nitrogen and oxygen atoms in total. The summed E-state index contributed by atoms with van der Waals surface area (Å²) in [6.07, 6.45) is 0. The molecule has 2 aromatic carbocycles. The van der Waals surface area contributed by atoms with Crippen LogP contribution in [-0.4, -0.2) is 25.7 Å². The van der Waals surface area contributed by atoms with E-state index in [4.69, 9.17) is 4.74 Å². The summed E-state index contributed by atoms with van der Waals surface area (Å²) >= 11 is 2.57. The standard InChI is InChI=1S/C16H14FN3O3S3/c1-23-14-8-7-12(9-13(14)17)26(21,22)20-15-18-19-16(25-15)24-10-11-5-3-2-4-6-11/h2-9H,10H2,1H3,(H,18,20). The number of rotatable bonds is 7. The Labute approximate surface area is 158 Å². The van der Waals surface area contributed by atoms with E-state index >= 15 is 0 Å². The van der Waals surface area contributed by atoms with Gasteiger partial charge in [0, 0.05) is 5.75 Å². The number of hydrogen-bond donors (Lipinski definition) is 1. The highest BCUT2D eigenvalue weighted by atomic mass is 32.2. The Bertz CT molecular complexity index is 994. The van der Waals surface area contributed by atoms with E-state index in [9.17, 15) is 12.8 Å². The Morgan fingerprint density at radius 2 is 1.96 bits per heavy atom. The Kier molecular flexibility index (Phi) is 5.74. The van der Waals surface area contributed by atoms with Crippen LogP contribution in [0.15, 0.2) is 57.8 Å². The molecule has 26 heavy (non-hydrogen) atoms. The number of benzene rings is 2. The van der Waals surface area contributed by atoms with Gasteiger partial charge in [-0.15, -0.1) is 10.2 Å². The predicted molar refractivity (Wildman–Crippen MR) is 99.7 cm³/mol. The zero-order chi connectivity index (χ0) is 18.6. The van der Waals surface area contributed by atoms with Crippen LogP contribution in [0, 0.1) is 5.82 Å². The van der Waals surface area contributed by atoms with Crippen molar-refractivity contribution in [2.75, 3.05) is 11.8 Å². The maximum absolute atomic E-state index is 13.7. The molecule has 0 aliphatic heterocycles. The Hall–Kier alpha value is -2.17. The summed E-state index contributed by atoms with van der Waals surface area (Å²) in [7, 11) is -2.66. The van der Waals surface area contributed by atoms with E-state index < -0.39 is 15.8 Å². The van der Waals surface area contributed by atoms with Crippen LogP contribution < -0.4 is 9.46 Å². The number of nitrogens with one attached hydrogen (secondary N) is 1. The first-order valence-electron chi connectivity index (χ1n) is 7.34. The van der Waals surface area contributed by atoms with Crippen LogP contribution in [0.2, 0.25) is 0 Å². The summed E-state index contributed by atoms with van der Waals surface area (Å²) in [6.45, 7) is 0. The lowest BCUT2D eigenvalue weighted by molar-refractivity contribution is 0.385. The first-order valence-corrected chi connectivity index (χ1v) is 10.6. The predicted octanol–water partition coefficient (Wildman–Crippen LogP) is 3.78. The van der Waals surface area contributed by atoms with Crippen LogP contribution in [0.25, 0.3) is 0 Å². The van der Waals surface area contributed by atoms with E-state index in [2.05, 4.69) is 14.9 Å². The van der Waals surface area contributed by atoms with Crippen LogP contribution in [0.4, 0.5) is 9.52 Å². The SMILES string of the molecule is COc1ccc(S(=O)(=O)Nc2nnc(SCc3ccccc3)s2)cc1F. The molecular formula is C16H14FN3O3S3. The van der Waals surface area contributed by atoms with Crippen molar-refractivity contribution >= 4 is 38.3 Å². The number of sulfonamides is 1. The third-order valence-electron chi connectivity index (χ3n) is 3.27. The van der Waals surface area contributed by atoms with E-state index in [1.807, 2.05) is 30.3 Å². The molecule has 3 aromatic rings. The third-order valence-corrected chi connectivity index (χ3v) is 6.78. The number of methoxy groups -OCH3 is 1. The van der Waals surface area contributed by atoms with E-state index in [1.165, 1.54) is 31.0 Å². The number of ether oxygens (including phenoxy) is 1. The molecule has 10 heteroatoms. The van der Waals surface area contributed by atoms with Gasteiger partial charge in [-0.25, -0.2) is 12.8 Å².